The average molecular weight is 430 g/mol. The van der Waals surface area contributed by atoms with E-state index in [1.165, 1.54) is 24.3 Å². The van der Waals surface area contributed by atoms with Crippen LogP contribution in [0.15, 0.2) is 115 Å². The molecule has 4 rings (SSSR count). The Morgan fingerprint density at radius 3 is 1.55 bits per heavy atom. The highest BCUT2D eigenvalue weighted by atomic mass is 31.2. The van der Waals surface area contributed by atoms with Gasteiger partial charge >= 0.3 is 0 Å². The third kappa shape index (κ3) is 4.57. The fourth-order valence-corrected chi connectivity index (χ4v) is 6.74. The van der Waals surface area contributed by atoms with E-state index in [1.54, 1.807) is 24.3 Å². The minimum absolute atomic E-state index is 0.313. The molecule has 0 spiro atoms. The SMILES string of the molecule is O=P(c1ccccc1)(c1ccccc1)C(/C=C/c1ccc(F)cc1)c1ccc(F)cc1. The van der Waals surface area contributed by atoms with Crippen molar-refractivity contribution in [2.45, 2.75) is 5.66 Å². The molecule has 1 unspecified atom stereocenters. The average Bonchev–Trinajstić information content (AvgIpc) is 2.82. The van der Waals surface area contributed by atoms with Crippen molar-refractivity contribution in [1.29, 1.82) is 0 Å². The van der Waals surface area contributed by atoms with Crippen LogP contribution in [-0.2, 0) is 4.57 Å². The van der Waals surface area contributed by atoms with Crippen molar-refractivity contribution in [3.8, 4) is 0 Å². The largest absolute Gasteiger partial charge is 0.313 e. The molecule has 4 aromatic rings. The lowest BCUT2D eigenvalue weighted by molar-refractivity contribution is 0.583. The predicted molar refractivity (Wildman–Crippen MR) is 124 cm³/mol. The van der Waals surface area contributed by atoms with Crippen molar-refractivity contribution in [3.63, 3.8) is 0 Å². The summed E-state index contributed by atoms with van der Waals surface area (Å²) in [7, 11) is -3.20. The lowest BCUT2D eigenvalue weighted by Crippen LogP contribution is -2.20. The third-order valence-corrected chi connectivity index (χ3v) is 8.61. The van der Waals surface area contributed by atoms with Crippen molar-refractivity contribution < 1.29 is 13.3 Å². The number of rotatable bonds is 6. The number of hydrogen-bond acceptors (Lipinski definition) is 1. The molecular weight excluding hydrogens is 409 g/mol. The molecule has 31 heavy (non-hydrogen) atoms. The maximum Gasteiger partial charge on any atom is 0.153 e. The minimum Gasteiger partial charge on any atom is -0.313 e. The summed E-state index contributed by atoms with van der Waals surface area (Å²) in [6.07, 6.45) is 3.72. The summed E-state index contributed by atoms with van der Waals surface area (Å²) in [5.41, 5.74) is 1.01. The van der Waals surface area contributed by atoms with Gasteiger partial charge in [-0.3, -0.25) is 0 Å². The Labute approximate surface area is 181 Å². The Morgan fingerprint density at radius 1 is 0.613 bits per heavy atom. The van der Waals surface area contributed by atoms with Crippen LogP contribution in [0.3, 0.4) is 0 Å². The standard InChI is InChI=1S/C27H21F2OP/c28-23-16-11-21(12-17-23)13-20-27(22-14-18-24(29)19-15-22)31(30,25-7-3-1-4-8-25)26-9-5-2-6-10-26/h1-20,27H/b20-13+. The van der Waals surface area contributed by atoms with Crippen LogP contribution in [-0.4, -0.2) is 0 Å². The van der Waals surface area contributed by atoms with Crippen LogP contribution < -0.4 is 10.6 Å². The number of hydrogen-bond donors (Lipinski definition) is 0. The fourth-order valence-electron chi connectivity index (χ4n) is 3.65. The lowest BCUT2D eigenvalue weighted by Gasteiger charge is -2.27. The van der Waals surface area contributed by atoms with Gasteiger partial charge in [-0.2, -0.15) is 0 Å². The molecular formula is C27H21F2OP. The minimum atomic E-state index is -3.20. The van der Waals surface area contributed by atoms with Gasteiger partial charge < -0.3 is 4.57 Å². The molecule has 0 fully saturated rings. The van der Waals surface area contributed by atoms with Gasteiger partial charge in [0.1, 0.15) is 11.6 Å². The molecule has 4 aromatic carbocycles. The molecule has 0 aliphatic rings. The zero-order chi connectivity index (χ0) is 21.7. The molecule has 0 heterocycles. The predicted octanol–water partition coefficient (Wildman–Crippen LogP) is 6.73. The second kappa shape index (κ2) is 9.24. The molecule has 154 valence electrons. The van der Waals surface area contributed by atoms with Crippen molar-refractivity contribution in [2.75, 3.05) is 0 Å². The Kier molecular flexibility index (Phi) is 6.25. The van der Waals surface area contributed by atoms with E-state index in [-0.39, 0.29) is 11.6 Å². The highest BCUT2D eigenvalue weighted by Crippen LogP contribution is 2.58. The topological polar surface area (TPSA) is 17.1 Å². The molecule has 1 nitrogen and oxygen atoms in total. The molecule has 0 saturated heterocycles. The van der Waals surface area contributed by atoms with E-state index in [0.29, 0.717) is 0 Å². The maximum atomic E-state index is 14.9. The molecule has 4 heteroatoms. The van der Waals surface area contributed by atoms with Gasteiger partial charge in [-0.05, 0) is 35.4 Å². The van der Waals surface area contributed by atoms with E-state index in [4.69, 9.17) is 0 Å². The first-order valence-electron chi connectivity index (χ1n) is 9.97. The molecule has 0 amide bonds. The van der Waals surface area contributed by atoms with Gasteiger partial charge in [0.25, 0.3) is 0 Å². The smallest absolute Gasteiger partial charge is 0.153 e. The zero-order valence-corrected chi connectivity index (χ0v) is 17.6. The summed E-state index contributed by atoms with van der Waals surface area (Å²) in [6.45, 7) is 0. The first kappa shape index (κ1) is 21.0. The normalized spacial score (nSPS) is 12.7. The van der Waals surface area contributed by atoms with Crippen LogP contribution in [0, 0.1) is 11.6 Å². The van der Waals surface area contributed by atoms with Crippen molar-refractivity contribution in [1.82, 2.24) is 0 Å². The number of allylic oxidation sites excluding steroid dienone is 1. The Hall–Kier alpha value is -3.29. The number of benzene rings is 4. The third-order valence-electron chi connectivity index (χ3n) is 5.22. The second-order valence-corrected chi connectivity index (χ2v) is 10.1. The van der Waals surface area contributed by atoms with Crippen LogP contribution >= 0.6 is 7.14 Å². The summed E-state index contributed by atoms with van der Waals surface area (Å²) in [6, 6.07) is 31.0. The first-order chi connectivity index (χ1) is 15.1. The summed E-state index contributed by atoms with van der Waals surface area (Å²) in [5.74, 6) is -0.661. The molecule has 0 N–H and O–H groups in total. The van der Waals surface area contributed by atoms with Gasteiger partial charge in [-0.1, -0.05) is 97.1 Å². The van der Waals surface area contributed by atoms with Gasteiger partial charge in [-0.25, -0.2) is 8.78 Å². The van der Waals surface area contributed by atoms with Crippen LogP contribution in [0.4, 0.5) is 8.78 Å². The van der Waals surface area contributed by atoms with E-state index in [2.05, 4.69) is 0 Å². The Balaban J connectivity index is 1.91. The molecule has 0 aromatic heterocycles. The molecule has 0 bridgehead atoms. The van der Waals surface area contributed by atoms with Gasteiger partial charge in [0.2, 0.25) is 0 Å². The molecule has 1 atom stereocenters. The van der Waals surface area contributed by atoms with Gasteiger partial charge in [0.15, 0.2) is 7.14 Å². The van der Waals surface area contributed by atoms with E-state index in [0.717, 1.165) is 21.7 Å². The maximum absolute atomic E-state index is 14.9. The Bertz CT molecular complexity index is 1160. The highest BCUT2D eigenvalue weighted by molar-refractivity contribution is 7.79. The van der Waals surface area contributed by atoms with Crippen LogP contribution in [0.25, 0.3) is 6.08 Å². The van der Waals surface area contributed by atoms with Gasteiger partial charge in [-0.15, -0.1) is 0 Å². The van der Waals surface area contributed by atoms with Crippen LogP contribution in [0.5, 0.6) is 0 Å². The second-order valence-electron chi connectivity index (χ2n) is 7.24. The fraction of sp³-hybridized carbons (Fsp3) is 0.0370. The van der Waals surface area contributed by atoms with Gasteiger partial charge in [0, 0.05) is 10.6 Å². The van der Waals surface area contributed by atoms with Crippen molar-refractivity contribution in [2.24, 2.45) is 0 Å². The quantitative estimate of drug-likeness (QED) is 0.310. The summed E-state index contributed by atoms with van der Waals surface area (Å²) in [5, 5.41) is 1.44. The summed E-state index contributed by atoms with van der Waals surface area (Å²) >= 11 is 0. The van der Waals surface area contributed by atoms with Gasteiger partial charge in [0.05, 0.1) is 5.66 Å². The summed E-state index contributed by atoms with van der Waals surface area (Å²) in [4.78, 5) is 0. The van der Waals surface area contributed by atoms with Crippen LogP contribution in [0.2, 0.25) is 0 Å². The molecule has 0 aliphatic heterocycles. The monoisotopic (exact) mass is 430 g/mol. The molecule has 0 saturated carbocycles. The van der Waals surface area contributed by atoms with E-state index in [1.807, 2.05) is 72.8 Å². The summed E-state index contributed by atoms with van der Waals surface area (Å²) < 4.78 is 41.8. The number of halogens is 2. The highest BCUT2D eigenvalue weighted by Gasteiger charge is 2.36. The molecule has 0 radical (unpaired) electrons. The lowest BCUT2D eigenvalue weighted by atomic mass is 10.1. The van der Waals surface area contributed by atoms with E-state index >= 15 is 0 Å². The van der Waals surface area contributed by atoms with Crippen molar-refractivity contribution in [3.05, 3.63) is 138 Å². The van der Waals surface area contributed by atoms with E-state index in [9.17, 15) is 13.3 Å². The molecule has 0 aliphatic carbocycles. The van der Waals surface area contributed by atoms with E-state index < -0.39 is 12.8 Å². The Morgan fingerprint density at radius 2 is 1.06 bits per heavy atom. The zero-order valence-electron chi connectivity index (χ0n) is 16.7. The first-order valence-corrected chi connectivity index (χ1v) is 11.8. The van der Waals surface area contributed by atoms with Crippen LogP contribution in [0.1, 0.15) is 16.8 Å². The van der Waals surface area contributed by atoms with Crippen molar-refractivity contribution >= 4 is 23.8 Å².